The van der Waals surface area contributed by atoms with Crippen LogP contribution in [0.3, 0.4) is 0 Å². The lowest BCUT2D eigenvalue weighted by Crippen LogP contribution is -2.28. The maximum absolute atomic E-state index is 13.1. The molecule has 2 aromatic carbocycles. The van der Waals surface area contributed by atoms with E-state index >= 15 is 0 Å². The van der Waals surface area contributed by atoms with Crippen molar-refractivity contribution in [2.24, 2.45) is 0 Å². The van der Waals surface area contributed by atoms with E-state index in [9.17, 15) is 19.4 Å². The summed E-state index contributed by atoms with van der Waals surface area (Å²) in [4.78, 5) is 12.2. The Balaban J connectivity index is 2.09. The van der Waals surface area contributed by atoms with E-state index < -0.39 is 17.8 Å². The Labute approximate surface area is 133 Å². The molecule has 1 atom stereocenters. The van der Waals surface area contributed by atoms with E-state index in [-0.39, 0.29) is 23.6 Å². The fourth-order valence-electron chi connectivity index (χ4n) is 2.19. The summed E-state index contributed by atoms with van der Waals surface area (Å²) in [6.45, 7) is 1.65. The number of phenols is 1. The van der Waals surface area contributed by atoms with Crippen LogP contribution in [0.2, 0.25) is 0 Å². The summed E-state index contributed by atoms with van der Waals surface area (Å²) in [5.41, 5.74) is 1.15. The highest BCUT2D eigenvalue weighted by molar-refractivity contribution is 5.97. The van der Waals surface area contributed by atoms with Crippen LogP contribution < -0.4 is 10.1 Å². The smallest absolute Gasteiger partial charge is 0.255 e. The summed E-state index contributed by atoms with van der Waals surface area (Å²) in [6.07, 6.45) is -1.05. The van der Waals surface area contributed by atoms with Crippen molar-refractivity contribution >= 4 is 5.91 Å². The molecule has 0 aromatic heterocycles. The standard InChI is InChI=1S/C17H18FNO4/c1-10-6-13(16(21)15(7-10)23-2)17(22)19-9-14(20)11-4-3-5-12(18)8-11/h3-8,14,20-21H,9H2,1-2H3,(H,19,22)/t14-/m1/s1. The zero-order chi connectivity index (χ0) is 17.0. The number of amides is 1. The van der Waals surface area contributed by atoms with Crippen LogP contribution in [0.15, 0.2) is 36.4 Å². The number of carbonyl (C=O) groups excluding carboxylic acids is 1. The summed E-state index contributed by atoms with van der Waals surface area (Å²) in [6, 6.07) is 8.63. The molecule has 0 saturated heterocycles. The molecule has 2 aromatic rings. The fraction of sp³-hybridized carbons (Fsp3) is 0.235. The number of aliphatic hydroxyl groups is 1. The van der Waals surface area contributed by atoms with Gasteiger partial charge in [0.2, 0.25) is 0 Å². The van der Waals surface area contributed by atoms with E-state index in [2.05, 4.69) is 5.32 Å². The average Bonchev–Trinajstić information content (AvgIpc) is 2.54. The molecule has 0 fully saturated rings. The molecule has 0 aliphatic carbocycles. The minimum Gasteiger partial charge on any atom is -0.504 e. The third kappa shape index (κ3) is 3.98. The number of ether oxygens (including phenoxy) is 1. The van der Waals surface area contributed by atoms with Gasteiger partial charge in [-0.15, -0.1) is 0 Å². The van der Waals surface area contributed by atoms with Crippen molar-refractivity contribution in [3.05, 3.63) is 58.9 Å². The first kappa shape index (κ1) is 16.8. The quantitative estimate of drug-likeness (QED) is 0.790. The lowest BCUT2D eigenvalue weighted by atomic mass is 10.1. The van der Waals surface area contributed by atoms with Crippen LogP contribution in [0.4, 0.5) is 4.39 Å². The topological polar surface area (TPSA) is 78.8 Å². The van der Waals surface area contributed by atoms with Crippen molar-refractivity contribution in [1.82, 2.24) is 5.32 Å². The van der Waals surface area contributed by atoms with Crippen LogP contribution >= 0.6 is 0 Å². The monoisotopic (exact) mass is 319 g/mol. The van der Waals surface area contributed by atoms with Crippen LogP contribution in [0.5, 0.6) is 11.5 Å². The summed E-state index contributed by atoms with van der Waals surface area (Å²) < 4.78 is 18.1. The molecule has 5 nitrogen and oxygen atoms in total. The molecule has 0 aliphatic rings. The van der Waals surface area contributed by atoms with E-state index in [0.717, 1.165) is 5.56 Å². The SMILES string of the molecule is COc1cc(C)cc(C(=O)NC[C@@H](O)c2cccc(F)c2)c1O. The van der Waals surface area contributed by atoms with Crippen LogP contribution in [0, 0.1) is 12.7 Å². The van der Waals surface area contributed by atoms with Gasteiger partial charge in [-0.1, -0.05) is 12.1 Å². The molecule has 23 heavy (non-hydrogen) atoms. The van der Waals surface area contributed by atoms with Crippen molar-refractivity contribution in [3.8, 4) is 11.5 Å². The van der Waals surface area contributed by atoms with Crippen molar-refractivity contribution in [2.45, 2.75) is 13.0 Å². The highest BCUT2D eigenvalue weighted by Gasteiger charge is 2.17. The Hall–Kier alpha value is -2.60. The van der Waals surface area contributed by atoms with Gasteiger partial charge in [-0.05, 0) is 42.3 Å². The second-order valence-corrected chi connectivity index (χ2v) is 5.14. The number of hydrogen-bond donors (Lipinski definition) is 3. The molecule has 0 aliphatic heterocycles. The van der Waals surface area contributed by atoms with Gasteiger partial charge in [-0.25, -0.2) is 4.39 Å². The largest absolute Gasteiger partial charge is 0.504 e. The van der Waals surface area contributed by atoms with Gasteiger partial charge >= 0.3 is 0 Å². The summed E-state index contributed by atoms with van der Waals surface area (Å²) in [5.74, 6) is -1.09. The molecule has 122 valence electrons. The Bertz CT molecular complexity index is 718. The molecule has 6 heteroatoms. The summed E-state index contributed by atoms with van der Waals surface area (Å²) >= 11 is 0. The Morgan fingerprint density at radius 2 is 2.09 bits per heavy atom. The number of benzene rings is 2. The first-order valence-corrected chi connectivity index (χ1v) is 7.01. The molecule has 1 amide bonds. The molecule has 0 bridgehead atoms. The maximum atomic E-state index is 13.1. The second-order valence-electron chi connectivity index (χ2n) is 5.14. The number of phenolic OH excluding ortho intramolecular Hbond substituents is 1. The van der Waals surface area contributed by atoms with Gasteiger partial charge in [0.05, 0.1) is 18.8 Å². The molecular formula is C17H18FNO4. The summed E-state index contributed by atoms with van der Waals surface area (Å²) in [7, 11) is 1.39. The number of carbonyl (C=O) groups is 1. The van der Waals surface area contributed by atoms with Crippen LogP contribution in [0.25, 0.3) is 0 Å². The van der Waals surface area contributed by atoms with Crippen molar-refractivity contribution in [2.75, 3.05) is 13.7 Å². The van der Waals surface area contributed by atoms with Gasteiger partial charge in [-0.3, -0.25) is 4.79 Å². The normalized spacial score (nSPS) is 11.8. The lowest BCUT2D eigenvalue weighted by molar-refractivity contribution is 0.0913. The molecule has 0 spiro atoms. The zero-order valence-electron chi connectivity index (χ0n) is 12.8. The van der Waals surface area contributed by atoms with Gasteiger partial charge in [0, 0.05) is 6.54 Å². The number of nitrogens with one attached hydrogen (secondary N) is 1. The number of aryl methyl sites for hydroxylation is 1. The van der Waals surface area contributed by atoms with E-state index in [1.807, 2.05) is 0 Å². The van der Waals surface area contributed by atoms with Gasteiger partial charge in [-0.2, -0.15) is 0 Å². The van der Waals surface area contributed by atoms with Crippen molar-refractivity contribution in [3.63, 3.8) is 0 Å². The molecule has 0 heterocycles. The molecule has 3 N–H and O–H groups in total. The van der Waals surface area contributed by atoms with Crippen molar-refractivity contribution < 1.29 is 24.1 Å². The van der Waals surface area contributed by atoms with E-state index in [0.29, 0.717) is 5.56 Å². The second kappa shape index (κ2) is 7.11. The van der Waals surface area contributed by atoms with Crippen LogP contribution in [0.1, 0.15) is 27.6 Å². The molecule has 0 radical (unpaired) electrons. The van der Waals surface area contributed by atoms with E-state index in [1.54, 1.807) is 19.1 Å². The van der Waals surface area contributed by atoms with Crippen LogP contribution in [-0.2, 0) is 0 Å². The molecular weight excluding hydrogens is 301 g/mol. The highest BCUT2D eigenvalue weighted by atomic mass is 19.1. The van der Waals surface area contributed by atoms with Gasteiger partial charge < -0.3 is 20.3 Å². The number of aliphatic hydroxyl groups excluding tert-OH is 1. The minimum absolute atomic E-state index is 0.0493. The maximum Gasteiger partial charge on any atom is 0.255 e. The van der Waals surface area contributed by atoms with Gasteiger partial charge in [0.25, 0.3) is 5.91 Å². The van der Waals surface area contributed by atoms with Gasteiger partial charge in [0.1, 0.15) is 5.82 Å². The number of aromatic hydroxyl groups is 1. The predicted molar refractivity (Wildman–Crippen MR) is 83.1 cm³/mol. The molecule has 0 saturated carbocycles. The van der Waals surface area contributed by atoms with Crippen LogP contribution in [-0.4, -0.2) is 29.8 Å². The number of halogens is 1. The van der Waals surface area contributed by atoms with E-state index in [4.69, 9.17) is 4.74 Å². The number of rotatable bonds is 5. The molecule has 0 unspecified atom stereocenters. The zero-order valence-corrected chi connectivity index (χ0v) is 12.8. The van der Waals surface area contributed by atoms with E-state index in [1.165, 1.54) is 31.4 Å². The Morgan fingerprint density at radius 3 is 2.74 bits per heavy atom. The van der Waals surface area contributed by atoms with Gasteiger partial charge in [0.15, 0.2) is 11.5 Å². The Kier molecular flexibility index (Phi) is 5.18. The molecule has 2 rings (SSSR count). The number of methoxy groups -OCH3 is 1. The first-order chi connectivity index (χ1) is 10.9. The first-order valence-electron chi connectivity index (χ1n) is 7.01. The lowest BCUT2D eigenvalue weighted by Gasteiger charge is -2.14. The summed E-state index contributed by atoms with van der Waals surface area (Å²) in [5, 5.41) is 22.5. The highest BCUT2D eigenvalue weighted by Crippen LogP contribution is 2.31. The minimum atomic E-state index is -1.05. The predicted octanol–water partition coefficient (Wildman–Crippen LogP) is 2.31. The third-order valence-electron chi connectivity index (χ3n) is 3.37. The van der Waals surface area contributed by atoms with Crippen molar-refractivity contribution in [1.29, 1.82) is 0 Å². The third-order valence-corrected chi connectivity index (χ3v) is 3.37. The number of hydrogen-bond acceptors (Lipinski definition) is 4. The average molecular weight is 319 g/mol. The Morgan fingerprint density at radius 1 is 1.35 bits per heavy atom. The fourth-order valence-corrected chi connectivity index (χ4v) is 2.19.